The highest BCUT2D eigenvalue weighted by Gasteiger charge is 2.32. The first-order chi connectivity index (χ1) is 11.1. The molecule has 7 heteroatoms. The number of rotatable bonds is 3. The molecule has 1 amide bonds. The van der Waals surface area contributed by atoms with Crippen molar-refractivity contribution < 1.29 is 14.8 Å². The van der Waals surface area contributed by atoms with Gasteiger partial charge in [-0.15, -0.1) is 0 Å². The average molecular weight is 311 g/mol. The molecule has 116 valence electrons. The molecule has 1 aliphatic rings. The Morgan fingerprint density at radius 1 is 1.17 bits per heavy atom. The first kappa shape index (κ1) is 14.7. The fourth-order valence-electron chi connectivity index (χ4n) is 2.58. The third-order valence-corrected chi connectivity index (χ3v) is 3.71. The maximum absolute atomic E-state index is 11.2. The van der Waals surface area contributed by atoms with E-state index in [0.29, 0.717) is 11.3 Å². The molecular formula is C16H13N3O4. The molecule has 0 aliphatic carbocycles. The Labute approximate surface area is 131 Å². The third-order valence-electron chi connectivity index (χ3n) is 3.71. The largest absolute Gasteiger partial charge is 0.464 e. The summed E-state index contributed by atoms with van der Waals surface area (Å²) in [6.07, 6.45) is -1.12. The predicted octanol–water partition coefficient (Wildman–Crippen LogP) is 3.08. The number of benzene rings is 2. The Morgan fingerprint density at radius 2 is 1.83 bits per heavy atom. The molecule has 2 aromatic carbocycles. The van der Waals surface area contributed by atoms with Gasteiger partial charge in [-0.25, -0.2) is 4.79 Å². The molecule has 23 heavy (non-hydrogen) atoms. The van der Waals surface area contributed by atoms with E-state index in [2.05, 4.69) is 5.10 Å². The van der Waals surface area contributed by atoms with Crippen LogP contribution < -0.4 is 0 Å². The van der Waals surface area contributed by atoms with Gasteiger partial charge in [0.05, 0.1) is 17.2 Å². The van der Waals surface area contributed by atoms with Crippen molar-refractivity contribution in [3.05, 3.63) is 75.8 Å². The van der Waals surface area contributed by atoms with Gasteiger partial charge in [-0.3, -0.25) is 10.1 Å². The van der Waals surface area contributed by atoms with E-state index in [1.54, 1.807) is 12.1 Å². The van der Waals surface area contributed by atoms with E-state index in [1.165, 1.54) is 12.1 Å². The molecule has 1 atom stereocenters. The van der Waals surface area contributed by atoms with Crippen LogP contribution in [0.4, 0.5) is 10.5 Å². The molecule has 0 spiro atoms. The standard InChI is InChI=1S/C16H13N3O4/c20-16(21)18-10-14(11-4-2-1-3-5-11)15(17-18)12-6-8-13(9-7-12)19(22)23/h1-9,14H,10H2,(H,20,21). The van der Waals surface area contributed by atoms with Gasteiger partial charge in [-0.2, -0.15) is 10.1 Å². The Balaban J connectivity index is 1.99. The highest BCUT2D eigenvalue weighted by molar-refractivity contribution is 6.07. The van der Waals surface area contributed by atoms with Gasteiger partial charge < -0.3 is 5.11 Å². The summed E-state index contributed by atoms with van der Waals surface area (Å²) in [6.45, 7) is 0.228. The quantitative estimate of drug-likeness (QED) is 0.696. The average Bonchev–Trinajstić information content (AvgIpc) is 3.01. The topological polar surface area (TPSA) is 96.0 Å². The zero-order valence-corrected chi connectivity index (χ0v) is 12.0. The number of amides is 1. The van der Waals surface area contributed by atoms with Crippen molar-refractivity contribution in [1.29, 1.82) is 0 Å². The fraction of sp³-hybridized carbons (Fsp3) is 0.125. The first-order valence-corrected chi connectivity index (χ1v) is 6.95. The van der Waals surface area contributed by atoms with Gasteiger partial charge in [0.25, 0.3) is 5.69 Å². The second-order valence-corrected chi connectivity index (χ2v) is 5.12. The molecule has 1 unspecified atom stereocenters. The highest BCUT2D eigenvalue weighted by Crippen LogP contribution is 2.29. The van der Waals surface area contributed by atoms with Gasteiger partial charge >= 0.3 is 6.09 Å². The molecule has 0 bridgehead atoms. The summed E-state index contributed by atoms with van der Waals surface area (Å²) in [4.78, 5) is 21.5. The minimum Gasteiger partial charge on any atom is -0.464 e. The highest BCUT2D eigenvalue weighted by atomic mass is 16.6. The summed E-state index contributed by atoms with van der Waals surface area (Å²) >= 11 is 0. The number of hydrogen-bond acceptors (Lipinski definition) is 4. The van der Waals surface area contributed by atoms with Gasteiger partial charge in [-0.1, -0.05) is 30.3 Å². The first-order valence-electron chi connectivity index (χ1n) is 6.95. The van der Waals surface area contributed by atoms with Gasteiger partial charge in [0.15, 0.2) is 0 Å². The van der Waals surface area contributed by atoms with Crippen molar-refractivity contribution in [2.45, 2.75) is 5.92 Å². The van der Waals surface area contributed by atoms with E-state index in [0.717, 1.165) is 10.6 Å². The molecular weight excluding hydrogens is 298 g/mol. The van der Waals surface area contributed by atoms with E-state index in [4.69, 9.17) is 0 Å². The molecule has 0 saturated heterocycles. The van der Waals surface area contributed by atoms with Crippen molar-refractivity contribution in [2.75, 3.05) is 6.54 Å². The van der Waals surface area contributed by atoms with E-state index in [9.17, 15) is 20.0 Å². The van der Waals surface area contributed by atoms with E-state index >= 15 is 0 Å². The SMILES string of the molecule is O=C(O)N1CC(c2ccccc2)C(c2ccc([N+](=O)[O-])cc2)=N1. The zero-order valence-electron chi connectivity index (χ0n) is 12.0. The summed E-state index contributed by atoms with van der Waals surface area (Å²) in [5.41, 5.74) is 2.20. The number of carbonyl (C=O) groups is 1. The van der Waals surface area contributed by atoms with Crippen LogP contribution in [0.1, 0.15) is 17.0 Å². The monoisotopic (exact) mass is 311 g/mol. The summed E-state index contributed by atoms with van der Waals surface area (Å²) < 4.78 is 0. The molecule has 0 fully saturated rings. The van der Waals surface area contributed by atoms with Crippen molar-refractivity contribution in [2.24, 2.45) is 5.10 Å². The van der Waals surface area contributed by atoms with Crippen LogP contribution >= 0.6 is 0 Å². The van der Waals surface area contributed by atoms with Crippen LogP contribution in [0.5, 0.6) is 0 Å². The molecule has 0 aromatic heterocycles. The van der Waals surface area contributed by atoms with Crippen LogP contribution in [0.2, 0.25) is 0 Å². The number of nitro groups is 1. The number of hydrogen-bond donors (Lipinski definition) is 1. The normalized spacial score (nSPS) is 17.0. The number of carboxylic acid groups (broad SMARTS) is 1. The van der Waals surface area contributed by atoms with Crippen LogP contribution in [-0.4, -0.2) is 33.4 Å². The summed E-state index contributed by atoms with van der Waals surface area (Å²) in [5, 5.41) is 25.1. The number of nitro benzene ring substituents is 1. The number of nitrogens with zero attached hydrogens (tertiary/aromatic N) is 3. The van der Waals surface area contributed by atoms with E-state index < -0.39 is 11.0 Å². The molecule has 2 aromatic rings. The van der Waals surface area contributed by atoms with Crippen LogP contribution in [0, 0.1) is 10.1 Å². The smallest absolute Gasteiger partial charge is 0.427 e. The summed E-state index contributed by atoms with van der Waals surface area (Å²) in [5.74, 6) is -0.200. The third kappa shape index (κ3) is 2.89. The molecule has 1 aliphatic heterocycles. The molecule has 1 N–H and O–H groups in total. The Morgan fingerprint density at radius 3 is 2.39 bits per heavy atom. The lowest BCUT2D eigenvalue weighted by Gasteiger charge is -2.13. The minimum atomic E-state index is -1.12. The molecule has 0 radical (unpaired) electrons. The molecule has 3 rings (SSSR count). The van der Waals surface area contributed by atoms with Gasteiger partial charge in [0, 0.05) is 18.1 Å². The van der Waals surface area contributed by atoms with Gasteiger partial charge in [-0.05, 0) is 23.3 Å². The van der Waals surface area contributed by atoms with Crippen LogP contribution in [0.3, 0.4) is 0 Å². The van der Waals surface area contributed by atoms with Gasteiger partial charge in [0.2, 0.25) is 0 Å². The summed E-state index contributed by atoms with van der Waals surface area (Å²) in [6, 6.07) is 15.4. The second-order valence-electron chi connectivity index (χ2n) is 5.12. The lowest BCUT2D eigenvalue weighted by Crippen LogP contribution is -2.23. The van der Waals surface area contributed by atoms with E-state index in [1.807, 2.05) is 30.3 Å². The maximum atomic E-state index is 11.2. The second kappa shape index (κ2) is 5.88. The van der Waals surface area contributed by atoms with Crippen molar-refractivity contribution in [1.82, 2.24) is 5.01 Å². The molecule has 7 nitrogen and oxygen atoms in total. The van der Waals surface area contributed by atoms with Crippen LogP contribution in [0.25, 0.3) is 0 Å². The van der Waals surface area contributed by atoms with Gasteiger partial charge in [0.1, 0.15) is 0 Å². The molecule has 0 saturated carbocycles. The lowest BCUT2D eigenvalue weighted by atomic mass is 9.90. The van der Waals surface area contributed by atoms with Crippen molar-refractivity contribution >= 4 is 17.5 Å². The van der Waals surface area contributed by atoms with Crippen molar-refractivity contribution in [3.63, 3.8) is 0 Å². The fourth-order valence-corrected chi connectivity index (χ4v) is 2.58. The number of hydrazone groups is 1. The van der Waals surface area contributed by atoms with Crippen molar-refractivity contribution in [3.8, 4) is 0 Å². The Kier molecular flexibility index (Phi) is 3.76. The Hall–Kier alpha value is -3.22. The maximum Gasteiger partial charge on any atom is 0.427 e. The van der Waals surface area contributed by atoms with E-state index in [-0.39, 0.29) is 18.2 Å². The lowest BCUT2D eigenvalue weighted by molar-refractivity contribution is -0.384. The minimum absolute atomic E-state index is 0.0151. The van der Waals surface area contributed by atoms with Crippen LogP contribution in [-0.2, 0) is 0 Å². The molecule has 1 heterocycles. The van der Waals surface area contributed by atoms with Crippen LogP contribution in [0.15, 0.2) is 59.7 Å². The zero-order chi connectivity index (χ0) is 16.4. The Bertz CT molecular complexity index is 772. The predicted molar refractivity (Wildman–Crippen MR) is 83.5 cm³/mol. The summed E-state index contributed by atoms with van der Waals surface area (Å²) in [7, 11) is 0. The number of non-ortho nitro benzene ring substituents is 1.